The van der Waals surface area contributed by atoms with Crippen molar-refractivity contribution >= 4 is 0 Å². The maximum Gasteiger partial charge on any atom is 0.119 e. The summed E-state index contributed by atoms with van der Waals surface area (Å²) in [5.74, 6) is 2.96. The van der Waals surface area contributed by atoms with Crippen molar-refractivity contribution in [3.8, 4) is 5.75 Å². The van der Waals surface area contributed by atoms with Gasteiger partial charge in [0.1, 0.15) is 5.75 Å². The molecule has 172 valence electrons. The normalized spacial score (nSPS) is 24.0. The molecule has 0 amide bonds. The molecule has 4 aliphatic rings. The van der Waals surface area contributed by atoms with Crippen molar-refractivity contribution in [2.75, 3.05) is 59.1 Å². The summed E-state index contributed by atoms with van der Waals surface area (Å²) in [5.41, 5.74) is 1.74. The summed E-state index contributed by atoms with van der Waals surface area (Å²) in [6, 6.07) is 9.14. The van der Waals surface area contributed by atoms with Gasteiger partial charge >= 0.3 is 0 Å². The van der Waals surface area contributed by atoms with Crippen LogP contribution in [-0.4, -0.2) is 68.9 Å². The average Bonchev–Trinajstić information content (AvgIpc) is 3.73. The van der Waals surface area contributed by atoms with Crippen LogP contribution in [0.25, 0.3) is 0 Å². The summed E-state index contributed by atoms with van der Waals surface area (Å²) in [4.78, 5) is 5.39. The van der Waals surface area contributed by atoms with Gasteiger partial charge in [-0.05, 0) is 100 Å². The number of nitrogens with zero attached hydrogens (tertiary/aromatic N) is 2. The molecule has 2 aliphatic carbocycles. The molecule has 0 spiro atoms. The Bertz CT molecular complexity index is 657. The molecule has 0 bridgehead atoms. The summed E-state index contributed by atoms with van der Waals surface area (Å²) >= 11 is 0. The van der Waals surface area contributed by atoms with Crippen LogP contribution in [0.2, 0.25) is 0 Å². The third-order valence-electron chi connectivity index (χ3n) is 7.96. The number of hydrogen-bond acceptors (Lipinski definition) is 4. The predicted octanol–water partition coefficient (Wildman–Crippen LogP) is 4.72. The number of benzene rings is 1. The summed E-state index contributed by atoms with van der Waals surface area (Å²) in [5, 5.41) is 0. The zero-order valence-corrected chi connectivity index (χ0v) is 19.4. The minimum atomic E-state index is 0.246. The maximum absolute atomic E-state index is 6.08. The predicted molar refractivity (Wildman–Crippen MR) is 126 cm³/mol. The van der Waals surface area contributed by atoms with Crippen LogP contribution in [0.5, 0.6) is 5.75 Å². The van der Waals surface area contributed by atoms with E-state index >= 15 is 0 Å². The summed E-state index contributed by atoms with van der Waals surface area (Å²) in [6.45, 7) is 10.2. The Kier molecular flexibility index (Phi) is 7.17. The quantitative estimate of drug-likeness (QED) is 0.452. The lowest BCUT2D eigenvalue weighted by Gasteiger charge is -2.42. The third-order valence-corrected chi connectivity index (χ3v) is 7.96. The standard InChI is InChI=1S/C27H42N2O2/c1-2-15-28(14-1)16-3-17-31-26-10-8-25(9-11-26)27(12-18-30-19-13-27)22-29(20-23-4-5-23)21-24-6-7-24/h8-11,23-24H,1-7,12-22H2. The highest BCUT2D eigenvalue weighted by molar-refractivity contribution is 5.33. The first-order valence-electron chi connectivity index (χ1n) is 13.0. The molecular weight excluding hydrogens is 384 g/mol. The van der Waals surface area contributed by atoms with Gasteiger partial charge in [-0.2, -0.15) is 0 Å². The fourth-order valence-corrected chi connectivity index (χ4v) is 5.65. The molecule has 0 unspecified atom stereocenters. The van der Waals surface area contributed by atoms with Gasteiger partial charge in [0.25, 0.3) is 0 Å². The maximum atomic E-state index is 6.08. The minimum Gasteiger partial charge on any atom is -0.494 e. The van der Waals surface area contributed by atoms with E-state index in [0.29, 0.717) is 0 Å². The van der Waals surface area contributed by atoms with Crippen LogP contribution in [0.3, 0.4) is 0 Å². The second-order valence-corrected chi connectivity index (χ2v) is 10.7. The molecule has 2 saturated carbocycles. The SMILES string of the molecule is c1cc(C2(CN(CC3CC3)CC3CC3)CCOCC2)ccc1OCCCN1CCCC1. The van der Waals surface area contributed by atoms with Crippen molar-refractivity contribution < 1.29 is 9.47 Å². The second-order valence-electron chi connectivity index (χ2n) is 10.7. The van der Waals surface area contributed by atoms with Crippen molar-refractivity contribution in [3.05, 3.63) is 29.8 Å². The number of hydrogen-bond donors (Lipinski definition) is 0. The molecule has 0 radical (unpaired) electrons. The molecule has 2 aliphatic heterocycles. The zero-order valence-electron chi connectivity index (χ0n) is 19.4. The van der Waals surface area contributed by atoms with Crippen molar-refractivity contribution in [1.82, 2.24) is 9.80 Å². The van der Waals surface area contributed by atoms with Crippen LogP contribution in [-0.2, 0) is 10.2 Å². The summed E-state index contributed by atoms with van der Waals surface area (Å²) in [7, 11) is 0. The average molecular weight is 427 g/mol. The highest BCUT2D eigenvalue weighted by Crippen LogP contribution is 2.40. The zero-order chi connectivity index (χ0) is 20.9. The fourth-order valence-electron chi connectivity index (χ4n) is 5.65. The summed E-state index contributed by atoms with van der Waals surface area (Å²) < 4.78 is 11.9. The molecule has 1 aromatic carbocycles. The van der Waals surface area contributed by atoms with E-state index in [9.17, 15) is 0 Å². The number of rotatable bonds is 12. The van der Waals surface area contributed by atoms with Gasteiger partial charge in [0, 0.05) is 44.8 Å². The molecule has 0 aromatic heterocycles. The fraction of sp³-hybridized carbons (Fsp3) is 0.778. The Labute approximate surface area is 189 Å². The van der Waals surface area contributed by atoms with Gasteiger partial charge in [0.2, 0.25) is 0 Å². The third kappa shape index (κ3) is 6.24. The van der Waals surface area contributed by atoms with E-state index in [1.807, 2.05) is 0 Å². The van der Waals surface area contributed by atoms with Gasteiger partial charge in [0.05, 0.1) is 6.61 Å². The largest absolute Gasteiger partial charge is 0.494 e. The number of likely N-dealkylation sites (tertiary alicyclic amines) is 1. The van der Waals surface area contributed by atoms with Gasteiger partial charge in [-0.1, -0.05) is 12.1 Å². The van der Waals surface area contributed by atoms with Crippen molar-refractivity contribution in [3.63, 3.8) is 0 Å². The Hall–Kier alpha value is -1.10. The van der Waals surface area contributed by atoms with Crippen LogP contribution < -0.4 is 4.74 Å². The molecule has 2 heterocycles. The molecule has 2 saturated heterocycles. The van der Waals surface area contributed by atoms with Crippen LogP contribution in [0.1, 0.15) is 63.4 Å². The van der Waals surface area contributed by atoms with E-state index in [1.54, 1.807) is 0 Å². The van der Waals surface area contributed by atoms with Crippen LogP contribution in [0.15, 0.2) is 24.3 Å². The van der Waals surface area contributed by atoms with E-state index in [1.165, 1.54) is 83.4 Å². The molecule has 4 fully saturated rings. The molecular formula is C27H42N2O2. The molecule has 4 nitrogen and oxygen atoms in total. The van der Waals surface area contributed by atoms with Crippen molar-refractivity contribution in [2.45, 2.75) is 63.2 Å². The lowest BCUT2D eigenvalue weighted by molar-refractivity contribution is 0.0323. The van der Waals surface area contributed by atoms with Gasteiger partial charge in [-0.25, -0.2) is 0 Å². The van der Waals surface area contributed by atoms with Gasteiger partial charge in [-0.3, -0.25) is 0 Å². The Balaban J connectivity index is 1.19. The van der Waals surface area contributed by atoms with E-state index < -0.39 is 0 Å². The molecule has 5 rings (SSSR count). The highest BCUT2D eigenvalue weighted by atomic mass is 16.5. The van der Waals surface area contributed by atoms with E-state index in [4.69, 9.17) is 9.47 Å². The highest BCUT2D eigenvalue weighted by Gasteiger charge is 2.39. The Morgan fingerprint density at radius 2 is 1.58 bits per heavy atom. The lowest BCUT2D eigenvalue weighted by atomic mass is 9.73. The first-order valence-corrected chi connectivity index (χ1v) is 13.0. The van der Waals surface area contributed by atoms with Crippen molar-refractivity contribution in [2.24, 2.45) is 11.8 Å². The molecule has 0 N–H and O–H groups in total. The number of ether oxygens (including phenoxy) is 2. The minimum absolute atomic E-state index is 0.246. The smallest absolute Gasteiger partial charge is 0.119 e. The van der Waals surface area contributed by atoms with Crippen LogP contribution in [0.4, 0.5) is 0 Å². The van der Waals surface area contributed by atoms with Crippen LogP contribution >= 0.6 is 0 Å². The van der Waals surface area contributed by atoms with Gasteiger partial charge in [-0.15, -0.1) is 0 Å². The van der Waals surface area contributed by atoms with E-state index in [0.717, 1.165) is 56.7 Å². The lowest BCUT2D eigenvalue weighted by Crippen LogP contribution is -2.46. The molecule has 0 atom stereocenters. The van der Waals surface area contributed by atoms with Crippen LogP contribution in [0, 0.1) is 11.8 Å². The Morgan fingerprint density at radius 3 is 2.19 bits per heavy atom. The van der Waals surface area contributed by atoms with Gasteiger partial charge < -0.3 is 19.3 Å². The topological polar surface area (TPSA) is 24.9 Å². The summed E-state index contributed by atoms with van der Waals surface area (Å²) in [6.07, 6.45) is 11.9. The molecule has 1 aromatic rings. The van der Waals surface area contributed by atoms with E-state index in [-0.39, 0.29) is 5.41 Å². The molecule has 31 heavy (non-hydrogen) atoms. The van der Waals surface area contributed by atoms with Gasteiger partial charge in [0.15, 0.2) is 0 Å². The monoisotopic (exact) mass is 426 g/mol. The second kappa shape index (κ2) is 10.2. The molecule has 4 heteroatoms. The first-order chi connectivity index (χ1) is 15.3. The Morgan fingerprint density at radius 1 is 0.935 bits per heavy atom. The van der Waals surface area contributed by atoms with E-state index in [2.05, 4.69) is 34.1 Å². The van der Waals surface area contributed by atoms with Crippen molar-refractivity contribution in [1.29, 1.82) is 0 Å². The first kappa shape index (κ1) is 21.7.